The summed E-state index contributed by atoms with van der Waals surface area (Å²) in [6.45, 7) is 7.96. The number of rotatable bonds is 8. The van der Waals surface area contributed by atoms with E-state index in [0.717, 1.165) is 57.5 Å². The maximum absolute atomic E-state index is 5.58. The highest BCUT2D eigenvalue weighted by Gasteiger charge is 2.26. The average Bonchev–Trinajstić information content (AvgIpc) is 2.81. The van der Waals surface area contributed by atoms with Gasteiger partial charge in [-0.3, -0.25) is 9.89 Å². The summed E-state index contributed by atoms with van der Waals surface area (Å²) in [5.41, 5.74) is 4.20. The zero-order chi connectivity index (χ0) is 21.5. The highest BCUT2D eigenvalue weighted by atomic mass is 16.5. The van der Waals surface area contributed by atoms with Crippen molar-refractivity contribution in [2.45, 2.75) is 25.3 Å². The van der Waals surface area contributed by atoms with Crippen molar-refractivity contribution in [2.24, 2.45) is 4.99 Å². The third-order valence-electron chi connectivity index (χ3n) is 6.23. The minimum Gasteiger partial charge on any atom is -0.497 e. The van der Waals surface area contributed by atoms with E-state index < -0.39 is 0 Å². The Kier molecular flexibility index (Phi) is 7.43. The zero-order valence-corrected chi connectivity index (χ0v) is 18.6. The smallest absolute Gasteiger partial charge is 0.191 e. The Labute approximate surface area is 185 Å². The average molecular weight is 423 g/mol. The number of morpholine rings is 1. The monoisotopic (exact) mass is 422 g/mol. The second kappa shape index (κ2) is 10.6. The summed E-state index contributed by atoms with van der Waals surface area (Å²) in [6.07, 6.45) is 1.14. The fraction of sp³-hybridized carbons (Fsp3) is 0.480. The molecule has 2 unspecified atom stereocenters. The lowest BCUT2D eigenvalue weighted by molar-refractivity contribution is 0.0179. The molecule has 1 heterocycles. The highest BCUT2D eigenvalue weighted by Crippen LogP contribution is 2.34. The van der Waals surface area contributed by atoms with E-state index in [1.165, 1.54) is 16.7 Å². The van der Waals surface area contributed by atoms with Crippen LogP contribution in [0.2, 0.25) is 0 Å². The Morgan fingerprint density at radius 3 is 2.61 bits per heavy atom. The van der Waals surface area contributed by atoms with Crippen molar-refractivity contribution in [1.82, 2.24) is 15.5 Å². The van der Waals surface area contributed by atoms with E-state index in [-0.39, 0.29) is 6.04 Å². The molecule has 6 nitrogen and oxygen atoms in total. The summed E-state index contributed by atoms with van der Waals surface area (Å²) in [5.74, 6) is 2.33. The van der Waals surface area contributed by atoms with E-state index in [4.69, 9.17) is 14.5 Å². The van der Waals surface area contributed by atoms with Gasteiger partial charge in [-0.25, -0.2) is 0 Å². The summed E-state index contributed by atoms with van der Waals surface area (Å²) >= 11 is 0. The van der Waals surface area contributed by atoms with Crippen molar-refractivity contribution in [2.75, 3.05) is 53.0 Å². The number of guanidine groups is 1. The summed E-state index contributed by atoms with van der Waals surface area (Å²) < 4.78 is 10.9. The molecule has 0 bridgehead atoms. The standard InChI is InChI=1S/C25H34N4O2/c1-3-26-25(27-17-21-16-20-6-4-5-7-23(20)21)28-18-24(29-12-14-31-15-13-29)19-8-10-22(30-2)11-9-19/h4-11,21,24H,3,12-18H2,1-2H3,(H2,26,27,28). The van der Waals surface area contributed by atoms with E-state index in [1.54, 1.807) is 7.11 Å². The van der Waals surface area contributed by atoms with Gasteiger partial charge < -0.3 is 20.1 Å². The van der Waals surface area contributed by atoms with Gasteiger partial charge in [-0.2, -0.15) is 0 Å². The van der Waals surface area contributed by atoms with E-state index in [0.29, 0.717) is 12.5 Å². The number of fused-ring (bicyclic) bond motifs is 1. The molecule has 1 fully saturated rings. The van der Waals surface area contributed by atoms with Crippen molar-refractivity contribution in [3.05, 3.63) is 65.2 Å². The minimum atomic E-state index is 0.217. The molecule has 6 heteroatoms. The number of aliphatic imine (C=N–C) groups is 1. The number of nitrogens with zero attached hydrogens (tertiary/aromatic N) is 2. The number of nitrogens with one attached hydrogen (secondary N) is 2. The second-order valence-corrected chi connectivity index (χ2v) is 8.14. The van der Waals surface area contributed by atoms with Gasteiger partial charge in [0.2, 0.25) is 0 Å². The molecule has 31 heavy (non-hydrogen) atoms. The quantitative estimate of drug-likeness (QED) is 0.506. The molecule has 0 aromatic heterocycles. The molecule has 1 aliphatic heterocycles. The summed E-state index contributed by atoms with van der Waals surface area (Å²) in [6, 6.07) is 17.3. The van der Waals surface area contributed by atoms with Gasteiger partial charge in [0.15, 0.2) is 5.96 Å². The first-order valence-corrected chi connectivity index (χ1v) is 11.3. The first-order chi connectivity index (χ1) is 15.3. The molecule has 0 spiro atoms. The number of ether oxygens (including phenoxy) is 2. The summed E-state index contributed by atoms with van der Waals surface area (Å²) in [5, 5.41) is 6.98. The van der Waals surface area contributed by atoms with Gasteiger partial charge in [-0.05, 0) is 42.2 Å². The van der Waals surface area contributed by atoms with Crippen LogP contribution in [0, 0.1) is 0 Å². The SMILES string of the molecule is CCNC(=NCC(c1ccc(OC)cc1)N1CCOCC1)NCC1Cc2ccccc21. The molecule has 0 saturated carbocycles. The van der Waals surface area contributed by atoms with Gasteiger partial charge in [-0.15, -0.1) is 0 Å². The molecule has 4 rings (SSSR count). The molecule has 0 amide bonds. The topological polar surface area (TPSA) is 58.1 Å². The Balaban J connectivity index is 1.44. The Morgan fingerprint density at radius 1 is 1.13 bits per heavy atom. The molecule has 2 aromatic rings. The fourth-order valence-electron chi connectivity index (χ4n) is 4.43. The van der Waals surface area contributed by atoms with Gasteiger partial charge in [0, 0.05) is 32.1 Å². The van der Waals surface area contributed by atoms with E-state index in [9.17, 15) is 0 Å². The van der Waals surface area contributed by atoms with Gasteiger partial charge in [-0.1, -0.05) is 36.4 Å². The maximum atomic E-state index is 5.58. The molecule has 2 N–H and O–H groups in total. The molecular weight excluding hydrogens is 388 g/mol. The Hall–Kier alpha value is -2.57. The highest BCUT2D eigenvalue weighted by molar-refractivity contribution is 5.79. The van der Waals surface area contributed by atoms with Crippen LogP contribution in [0.3, 0.4) is 0 Å². The largest absolute Gasteiger partial charge is 0.497 e. The van der Waals surface area contributed by atoms with Crippen molar-refractivity contribution < 1.29 is 9.47 Å². The van der Waals surface area contributed by atoms with Gasteiger partial charge >= 0.3 is 0 Å². The van der Waals surface area contributed by atoms with E-state index in [1.807, 2.05) is 12.1 Å². The Morgan fingerprint density at radius 2 is 1.90 bits per heavy atom. The third-order valence-corrected chi connectivity index (χ3v) is 6.23. The lowest BCUT2D eigenvalue weighted by Crippen LogP contribution is -2.43. The number of hydrogen-bond donors (Lipinski definition) is 2. The minimum absolute atomic E-state index is 0.217. The van der Waals surface area contributed by atoms with Crippen molar-refractivity contribution in [3.8, 4) is 5.75 Å². The lowest BCUT2D eigenvalue weighted by Gasteiger charge is -2.34. The van der Waals surface area contributed by atoms with E-state index in [2.05, 4.69) is 58.9 Å². The number of hydrogen-bond acceptors (Lipinski definition) is 4. The molecule has 2 aromatic carbocycles. The van der Waals surface area contributed by atoms with Gasteiger partial charge in [0.05, 0.1) is 32.9 Å². The zero-order valence-electron chi connectivity index (χ0n) is 18.6. The van der Waals surface area contributed by atoms with Crippen molar-refractivity contribution in [1.29, 1.82) is 0 Å². The summed E-state index contributed by atoms with van der Waals surface area (Å²) in [7, 11) is 1.70. The Bertz CT molecular complexity index is 862. The third kappa shape index (κ3) is 5.38. The normalized spacial score (nSPS) is 19.8. The molecule has 2 atom stereocenters. The van der Waals surface area contributed by atoms with Gasteiger partial charge in [0.25, 0.3) is 0 Å². The van der Waals surface area contributed by atoms with Crippen LogP contribution < -0.4 is 15.4 Å². The van der Waals surface area contributed by atoms with Gasteiger partial charge in [0.1, 0.15) is 5.75 Å². The van der Waals surface area contributed by atoms with Crippen LogP contribution >= 0.6 is 0 Å². The van der Waals surface area contributed by atoms with Crippen LogP contribution in [0.25, 0.3) is 0 Å². The summed E-state index contributed by atoms with van der Waals surface area (Å²) in [4.78, 5) is 7.45. The van der Waals surface area contributed by atoms with Crippen LogP contribution in [0.5, 0.6) is 5.75 Å². The first kappa shape index (κ1) is 21.7. The lowest BCUT2D eigenvalue weighted by atomic mass is 9.78. The second-order valence-electron chi connectivity index (χ2n) is 8.14. The molecule has 1 aliphatic carbocycles. The predicted molar refractivity (Wildman–Crippen MR) is 125 cm³/mol. The molecular formula is C25H34N4O2. The molecule has 166 valence electrons. The first-order valence-electron chi connectivity index (χ1n) is 11.3. The molecule has 2 aliphatic rings. The molecule has 0 radical (unpaired) electrons. The van der Waals surface area contributed by atoms with Crippen LogP contribution in [-0.4, -0.2) is 63.9 Å². The van der Waals surface area contributed by atoms with Crippen molar-refractivity contribution >= 4 is 5.96 Å². The van der Waals surface area contributed by atoms with Crippen LogP contribution in [-0.2, 0) is 11.2 Å². The van der Waals surface area contributed by atoms with Crippen LogP contribution in [0.1, 0.15) is 35.6 Å². The maximum Gasteiger partial charge on any atom is 0.191 e. The number of methoxy groups -OCH3 is 1. The van der Waals surface area contributed by atoms with E-state index >= 15 is 0 Å². The molecule has 1 saturated heterocycles. The number of benzene rings is 2. The predicted octanol–water partition coefficient (Wildman–Crippen LogP) is 2.96. The fourth-order valence-corrected chi connectivity index (χ4v) is 4.43. The van der Waals surface area contributed by atoms with Crippen molar-refractivity contribution in [3.63, 3.8) is 0 Å². The van der Waals surface area contributed by atoms with Crippen LogP contribution in [0.4, 0.5) is 0 Å². The van der Waals surface area contributed by atoms with Crippen LogP contribution in [0.15, 0.2) is 53.5 Å².